The molecule has 1 atom stereocenters. The number of hydrogen-bond donors (Lipinski definition) is 3. The maximum Gasteiger partial charge on any atom is 0.319 e. The molecule has 2 aromatic rings. The van der Waals surface area contributed by atoms with Crippen molar-refractivity contribution in [3.8, 4) is 11.5 Å². The molecule has 0 bridgehead atoms. The molecule has 0 aliphatic heterocycles. The van der Waals surface area contributed by atoms with Crippen molar-refractivity contribution >= 4 is 11.7 Å². The van der Waals surface area contributed by atoms with Crippen molar-refractivity contribution in [1.29, 1.82) is 0 Å². The van der Waals surface area contributed by atoms with Crippen LogP contribution in [0, 0.1) is 19.8 Å². The highest BCUT2D eigenvalue weighted by Crippen LogP contribution is 2.24. The Bertz CT molecular complexity index is 675. The largest absolute Gasteiger partial charge is 0.441 e. The topological polar surface area (TPSA) is 87.4 Å². The summed E-state index contributed by atoms with van der Waals surface area (Å²) in [7, 11) is 0. The van der Waals surface area contributed by atoms with Crippen LogP contribution in [-0.4, -0.2) is 28.8 Å². The van der Waals surface area contributed by atoms with Gasteiger partial charge in [0.05, 0.1) is 5.69 Å². The van der Waals surface area contributed by atoms with Crippen LogP contribution in [0.2, 0.25) is 0 Å². The first-order valence-corrected chi connectivity index (χ1v) is 8.13. The van der Waals surface area contributed by atoms with Crippen LogP contribution < -0.4 is 10.6 Å². The van der Waals surface area contributed by atoms with Crippen LogP contribution in [0.3, 0.4) is 0 Å². The fourth-order valence-corrected chi connectivity index (χ4v) is 2.37. The number of benzene rings is 1. The number of nitrogens with zero attached hydrogens (tertiary/aromatic N) is 1. The lowest BCUT2D eigenvalue weighted by Crippen LogP contribution is -2.41. The van der Waals surface area contributed by atoms with E-state index in [0.29, 0.717) is 18.0 Å². The van der Waals surface area contributed by atoms with Gasteiger partial charge in [0.25, 0.3) is 0 Å². The van der Waals surface area contributed by atoms with Gasteiger partial charge in [0, 0.05) is 23.9 Å². The second kappa shape index (κ2) is 7.97. The second-order valence-electron chi connectivity index (χ2n) is 6.20. The van der Waals surface area contributed by atoms with E-state index in [0.717, 1.165) is 17.0 Å². The quantitative estimate of drug-likeness (QED) is 0.756. The number of anilines is 1. The molecule has 0 saturated carbocycles. The van der Waals surface area contributed by atoms with Gasteiger partial charge in [0.15, 0.2) is 0 Å². The first-order chi connectivity index (χ1) is 11.4. The van der Waals surface area contributed by atoms with Gasteiger partial charge < -0.3 is 20.2 Å². The first kappa shape index (κ1) is 18.0. The summed E-state index contributed by atoms with van der Waals surface area (Å²) in [6, 6.07) is 6.99. The standard InChI is InChI=1S/C18H25N3O3/c1-11(2)16(8-9-22)21-18(23)20-15-7-5-6-14(10-15)17-19-12(3)13(4)24-17/h5-7,10-11,16,22H,8-9H2,1-4H3,(H2,20,21,23). The van der Waals surface area contributed by atoms with Crippen LogP contribution in [0.1, 0.15) is 31.7 Å². The molecule has 2 amide bonds. The number of nitrogens with one attached hydrogen (secondary N) is 2. The number of aromatic nitrogens is 1. The lowest BCUT2D eigenvalue weighted by Gasteiger charge is -2.21. The van der Waals surface area contributed by atoms with Crippen molar-refractivity contribution in [2.75, 3.05) is 11.9 Å². The lowest BCUT2D eigenvalue weighted by atomic mass is 10.0. The molecule has 0 radical (unpaired) electrons. The Balaban J connectivity index is 2.07. The smallest absolute Gasteiger partial charge is 0.319 e. The predicted octanol–water partition coefficient (Wildman–Crippen LogP) is 3.49. The van der Waals surface area contributed by atoms with E-state index >= 15 is 0 Å². The van der Waals surface area contributed by atoms with E-state index in [1.165, 1.54) is 0 Å². The highest BCUT2D eigenvalue weighted by molar-refractivity contribution is 5.90. The number of oxazole rings is 1. The molecule has 1 unspecified atom stereocenters. The van der Waals surface area contributed by atoms with Gasteiger partial charge in [0.1, 0.15) is 5.76 Å². The third-order valence-electron chi connectivity index (χ3n) is 3.96. The molecule has 0 aliphatic rings. The monoisotopic (exact) mass is 331 g/mol. The number of rotatable bonds is 6. The molecule has 6 nitrogen and oxygen atoms in total. The van der Waals surface area contributed by atoms with Gasteiger partial charge in [-0.1, -0.05) is 19.9 Å². The first-order valence-electron chi connectivity index (χ1n) is 8.13. The van der Waals surface area contributed by atoms with Gasteiger partial charge in [-0.2, -0.15) is 0 Å². The van der Waals surface area contributed by atoms with Crippen LogP contribution in [0.25, 0.3) is 11.5 Å². The van der Waals surface area contributed by atoms with Gasteiger partial charge in [-0.25, -0.2) is 9.78 Å². The number of urea groups is 1. The summed E-state index contributed by atoms with van der Waals surface area (Å²) in [4.78, 5) is 16.5. The molecule has 0 aliphatic carbocycles. The fourth-order valence-electron chi connectivity index (χ4n) is 2.37. The molecule has 1 aromatic heterocycles. The van der Waals surface area contributed by atoms with Crippen molar-refractivity contribution in [2.45, 2.75) is 40.2 Å². The van der Waals surface area contributed by atoms with Crippen molar-refractivity contribution in [1.82, 2.24) is 10.3 Å². The average Bonchev–Trinajstić information content (AvgIpc) is 2.86. The highest BCUT2D eigenvalue weighted by Gasteiger charge is 2.16. The normalized spacial score (nSPS) is 12.2. The van der Waals surface area contributed by atoms with Crippen molar-refractivity contribution < 1.29 is 14.3 Å². The molecule has 1 aromatic carbocycles. The van der Waals surface area contributed by atoms with Crippen molar-refractivity contribution in [3.05, 3.63) is 35.7 Å². The minimum atomic E-state index is -0.293. The maximum absolute atomic E-state index is 12.2. The number of amides is 2. The number of carbonyl (C=O) groups excluding carboxylic acids is 1. The lowest BCUT2D eigenvalue weighted by molar-refractivity contribution is 0.227. The average molecular weight is 331 g/mol. The summed E-state index contributed by atoms with van der Waals surface area (Å²) in [5, 5.41) is 14.8. The predicted molar refractivity (Wildman–Crippen MR) is 93.9 cm³/mol. The number of carbonyl (C=O) groups is 1. The number of aliphatic hydroxyl groups is 1. The third-order valence-corrected chi connectivity index (χ3v) is 3.96. The van der Waals surface area contributed by atoms with Crippen molar-refractivity contribution in [3.63, 3.8) is 0 Å². The third kappa shape index (κ3) is 4.58. The Morgan fingerprint density at radius 2 is 2.08 bits per heavy atom. The van der Waals surface area contributed by atoms with Gasteiger partial charge in [-0.3, -0.25) is 0 Å². The number of aliphatic hydroxyl groups excluding tert-OH is 1. The van der Waals surface area contributed by atoms with Crippen molar-refractivity contribution in [2.24, 2.45) is 5.92 Å². The molecule has 2 rings (SSSR count). The molecule has 6 heteroatoms. The maximum atomic E-state index is 12.2. The van der Waals surface area contributed by atoms with Gasteiger partial charge in [0.2, 0.25) is 5.89 Å². The molecule has 0 saturated heterocycles. The molecule has 130 valence electrons. The van der Waals surface area contributed by atoms with Crippen LogP contribution in [0.5, 0.6) is 0 Å². The van der Waals surface area contributed by atoms with Crippen LogP contribution in [0.4, 0.5) is 10.5 Å². The van der Waals surface area contributed by atoms with Gasteiger partial charge >= 0.3 is 6.03 Å². The van der Waals surface area contributed by atoms with E-state index in [2.05, 4.69) is 15.6 Å². The number of aryl methyl sites for hydroxylation is 2. The summed E-state index contributed by atoms with van der Waals surface area (Å²) in [5.41, 5.74) is 2.31. The van der Waals surface area contributed by atoms with Crippen LogP contribution in [0.15, 0.2) is 28.7 Å². The van der Waals surface area contributed by atoms with E-state index in [-0.39, 0.29) is 24.6 Å². The van der Waals surface area contributed by atoms with E-state index in [1.807, 2.05) is 52.0 Å². The van der Waals surface area contributed by atoms with E-state index in [1.54, 1.807) is 0 Å². The van der Waals surface area contributed by atoms with E-state index in [4.69, 9.17) is 9.52 Å². The minimum absolute atomic E-state index is 0.0431. The Kier molecular flexibility index (Phi) is 5.98. The Hall–Kier alpha value is -2.34. The second-order valence-corrected chi connectivity index (χ2v) is 6.20. The minimum Gasteiger partial charge on any atom is -0.441 e. The SMILES string of the molecule is Cc1nc(-c2cccc(NC(=O)NC(CCO)C(C)C)c2)oc1C. The molecule has 0 spiro atoms. The Morgan fingerprint density at radius 3 is 2.67 bits per heavy atom. The summed E-state index contributed by atoms with van der Waals surface area (Å²) >= 11 is 0. The Labute approximate surface area is 142 Å². The number of hydrogen-bond acceptors (Lipinski definition) is 4. The summed E-state index contributed by atoms with van der Waals surface area (Å²) in [6.45, 7) is 7.82. The summed E-state index contributed by atoms with van der Waals surface area (Å²) < 4.78 is 5.62. The Morgan fingerprint density at radius 1 is 1.33 bits per heavy atom. The molecule has 24 heavy (non-hydrogen) atoms. The molecule has 1 heterocycles. The molecule has 3 N–H and O–H groups in total. The summed E-state index contributed by atoms with van der Waals surface area (Å²) in [6.07, 6.45) is 0.528. The summed E-state index contributed by atoms with van der Waals surface area (Å²) in [5.74, 6) is 1.56. The van der Waals surface area contributed by atoms with Gasteiger partial charge in [-0.15, -0.1) is 0 Å². The zero-order valence-corrected chi connectivity index (χ0v) is 14.6. The van der Waals surface area contributed by atoms with Gasteiger partial charge in [-0.05, 0) is 44.4 Å². The molecular formula is C18H25N3O3. The van der Waals surface area contributed by atoms with Crippen LogP contribution >= 0.6 is 0 Å². The van der Waals surface area contributed by atoms with E-state index < -0.39 is 0 Å². The fraction of sp³-hybridized carbons (Fsp3) is 0.444. The molecule has 0 fully saturated rings. The zero-order valence-electron chi connectivity index (χ0n) is 14.6. The van der Waals surface area contributed by atoms with Crippen LogP contribution in [-0.2, 0) is 0 Å². The molecular weight excluding hydrogens is 306 g/mol. The highest BCUT2D eigenvalue weighted by atomic mass is 16.4. The zero-order chi connectivity index (χ0) is 17.7. The van der Waals surface area contributed by atoms with E-state index in [9.17, 15) is 4.79 Å².